The van der Waals surface area contributed by atoms with E-state index in [0.29, 0.717) is 22.1 Å². The fourth-order valence-corrected chi connectivity index (χ4v) is 5.14. The van der Waals surface area contributed by atoms with E-state index in [0.717, 1.165) is 12.4 Å². The summed E-state index contributed by atoms with van der Waals surface area (Å²) in [4.78, 5) is 27.8. The van der Waals surface area contributed by atoms with Crippen molar-refractivity contribution in [2.24, 2.45) is 0 Å². The minimum absolute atomic E-state index is 0.0880. The zero-order valence-electron chi connectivity index (χ0n) is 22.7. The van der Waals surface area contributed by atoms with Gasteiger partial charge in [0.25, 0.3) is 15.9 Å². The molecule has 0 aliphatic heterocycles. The number of rotatable bonds is 9. The van der Waals surface area contributed by atoms with Gasteiger partial charge in [-0.05, 0) is 54.4 Å². The molecule has 1 atom stereocenters. The number of carbonyl (C=O) groups excluding carboxylic acids is 1. The maximum absolute atomic E-state index is 13.6. The number of hydrogen-bond donors (Lipinski definition) is 2. The van der Waals surface area contributed by atoms with Gasteiger partial charge in [0.2, 0.25) is 5.82 Å². The second-order valence-electron chi connectivity index (χ2n) is 9.43. The maximum atomic E-state index is 13.6. The quantitative estimate of drug-likeness (QED) is 0.209. The fraction of sp³-hybridized carbons (Fsp3) is 0.138. The van der Waals surface area contributed by atoms with Crippen molar-refractivity contribution in [2.45, 2.75) is 24.0 Å². The highest BCUT2D eigenvalue weighted by Crippen LogP contribution is 2.35. The number of ether oxygens (including phenoxy) is 1. The summed E-state index contributed by atoms with van der Waals surface area (Å²) < 4.78 is 85.2. The number of amides is 1. The van der Waals surface area contributed by atoms with Gasteiger partial charge >= 0.3 is 6.18 Å². The van der Waals surface area contributed by atoms with Gasteiger partial charge in [-0.3, -0.25) is 4.79 Å². The van der Waals surface area contributed by atoms with Crippen LogP contribution < -0.4 is 14.8 Å². The van der Waals surface area contributed by atoms with Gasteiger partial charge in [-0.2, -0.15) is 13.2 Å². The molecule has 2 heterocycles. The molecule has 10 nitrogen and oxygen atoms in total. The molecule has 0 fully saturated rings. The average molecular weight is 627 g/mol. The van der Waals surface area contributed by atoms with Crippen molar-refractivity contribution in [1.29, 1.82) is 0 Å². The molecule has 0 radical (unpaired) electrons. The predicted octanol–water partition coefficient (Wildman–Crippen LogP) is 5.30. The largest absolute Gasteiger partial charge is 0.481 e. The van der Waals surface area contributed by atoms with Gasteiger partial charge < -0.3 is 10.1 Å². The Kier molecular flexibility index (Phi) is 8.40. The molecule has 0 saturated heterocycles. The third-order valence-electron chi connectivity index (χ3n) is 6.32. The van der Waals surface area contributed by atoms with Crippen LogP contribution in [-0.4, -0.2) is 40.9 Å². The first-order chi connectivity index (χ1) is 20.9. The normalized spacial score (nSPS) is 12.5. The van der Waals surface area contributed by atoms with E-state index in [2.05, 4.69) is 25.3 Å². The Hall–Kier alpha value is -5.18. The van der Waals surface area contributed by atoms with Gasteiger partial charge in [0.05, 0.1) is 10.9 Å². The van der Waals surface area contributed by atoms with Crippen LogP contribution in [0, 0.1) is 5.82 Å². The van der Waals surface area contributed by atoms with Gasteiger partial charge in [-0.1, -0.05) is 30.3 Å². The molecule has 226 valence electrons. The Morgan fingerprint density at radius 2 is 1.61 bits per heavy atom. The van der Waals surface area contributed by atoms with Gasteiger partial charge in [0.1, 0.15) is 29.2 Å². The van der Waals surface area contributed by atoms with E-state index < -0.39 is 46.4 Å². The second-order valence-corrected chi connectivity index (χ2v) is 11.1. The summed E-state index contributed by atoms with van der Waals surface area (Å²) in [5.41, 5.74) is 1.68. The number of alkyl halides is 3. The lowest BCUT2D eigenvalue weighted by molar-refractivity contribution is -0.145. The molecule has 0 unspecified atom stereocenters. The number of halogens is 4. The summed E-state index contributed by atoms with van der Waals surface area (Å²) in [5, 5.41) is 3.49. The van der Waals surface area contributed by atoms with Crippen LogP contribution in [0.3, 0.4) is 0 Å². The number of fused-ring (bicyclic) bond motifs is 1. The maximum Gasteiger partial charge on any atom is 0.451 e. The van der Waals surface area contributed by atoms with Crippen molar-refractivity contribution in [1.82, 2.24) is 24.7 Å². The Bertz CT molecular complexity index is 1910. The molecule has 0 aliphatic rings. The number of hydrogen-bond acceptors (Lipinski definition) is 9. The lowest BCUT2D eigenvalue weighted by Crippen LogP contribution is -2.34. The van der Waals surface area contributed by atoms with Crippen LogP contribution in [0.4, 0.5) is 23.4 Å². The number of benzene rings is 3. The minimum Gasteiger partial charge on any atom is -0.481 e. The van der Waals surface area contributed by atoms with Crippen LogP contribution in [0.2, 0.25) is 0 Å². The standard InChI is InChI=1S/C29H22F4N6O4S/c1-17(20-13-34-28(35-14-20)29(31,32)33)38-27-23-11-19(18-7-9-21(30)10-8-18)12-24(26(23)36-16-37-27)43-15-25(40)39-44(41,42)22-5-3-2-4-6-22/h2-14,16-17H,15H2,1H3,(H,39,40)(H,36,37,38)/t17-/m1/s1. The molecule has 5 rings (SSSR count). The number of anilines is 1. The van der Waals surface area contributed by atoms with E-state index in [1.54, 1.807) is 25.1 Å². The number of aromatic nitrogens is 4. The van der Waals surface area contributed by atoms with Crippen molar-refractivity contribution in [3.63, 3.8) is 0 Å². The molecule has 5 aromatic rings. The summed E-state index contributed by atoms with van der Waals surface area (Å²) in [6.07, 6.45) is -1.37. The summed E-state index contributed by atoms with van der Waals surface area (Å²) in [6.45, 7) is 0.971. The van der Waals surface area contributed by atoms with Crippen molar-refractivity contribution in [2.75, 3.05) is 11.9 Å². The van der Waals surface area contributed by atoms with E-state index in [1.807, 2.05) is 4.72 Å². The van der Waals surface area contributed by atoms with Crippen molar-refractivity contribution >= 4 is 32.7 Å². The van der Waals surface area contributed by atoms with Crippen LogP contribution in [0.25, 0.3) is 22.0 Å². The van der Waals surface area contributed by atoms with Crippen molar-refractivity contribution < 1.29 is 35.5 Å². The molecule has 0 saturated carbocycles. The zero-order chi connectivity index (χ0) is 31.5. The predicted molar refractivity (Wildman–Crippen MR) is 151 cm³/mol. The Morgan fingerprint density at radius 1 is 0.932 bits per heavy atom. The molecule has 2 aromatic heterocycles. The molecule has 2 N–H and O–H groups in total. The number of nitrogens with one attached hydrogen (secondary N) is 2. The van der Waals surface area contributed by atoms with Crippen LogP contribution in [0.5, 0.6) is 5.75 Å². The molecule has 15 heteroatoms. The fourth-order valence-electron chi connectivity index (χ4n) is 4.15. The number of carbonyl (C=O) groups is 1. The van der Waals surface area contributed by atoms with Crippen molar-refractivity contribution in [3.05, 3.63) is 103 Å². The van der Waals surface area contributed by atoms with E-state index in [-0.39, 0.29) is 22.0 Å². The van der Waals surface area contributed by atoms with Crippen LogP contribution in [0.15, 0.2) is 90.3 Å². The van der Waals surface area contributed by atoms with Gasteiger partial charge in [0, 0.05) is 23.3 Å². The molecule has 0 bridgehead atoms. The highest BCUT2D eigenvalue weighted by atomic mass is 32.2. The molecule has 3 aromatic carbocycles. The van der Waals surface area contributed by atoms with E-state index in [9.17, 15) is 30.8 Å². The van der Waals surface area contributed by atoms with E-state index in [1.165, 1.54) is 54.9 Å². The van der Waals surface area contributed by atoms with E-state index in [4.69, 9.17) is 4.74 Å². The number of nitrogens with zero attached hydrogens (tertiary/aromatic N) is 4. The Morgan fingerprint density at radius 3 is 2.27 bits per heavy atom. The smallest absolute Gasteiger partial charge is 0.451 e. The summed E-state index contributed by atoms with van der Waals surface area (Å²) in [6, 6.07) is 15.5. The third-order valence-corrected chi connectivity index (χ3v) is 7.71. The van der Waals surface area contributed by atoms with Crippen LogP contribution in [0.1, 0.15) is 24.4 Å². The van der Waals surface area contributed by atoms with Crippen molar-refractivity contribution in [3.8, 4) is 16.9 Å². The van der Waals surface area contributed by atoms with Gasteiger partial charge in [-0.15, -0.1) is 0 Å². The first-order valence-electron chi connectivity index (χ1n) is 12.8. The molecule has 44 heavy (non-hydrogen) atoms. The SMILES string of the molecule is C[C@@H](Nc1ncnc2c(OCC(=O)NS(=O)(=O)c3ccccc3)cc(-c3ccc(F)cc3)cc12)c1cnc(C(F)(F)F)nc1. The molecular weight excluding hydrogens is 604 g/mol. The number of sulfonamides is 1. The van der Waals surface area contributed by atoms with Gasteiger partial charge in [0.15, 0.2) is 6.61 Å². The molecule has 0 aliphatic carbocycles. The van der Waals surface area contributed by atoms with Crippen LogP contribution in [-0.2, 0) is 21.0 Å². The lowest BCUT2D eigenvalue weighted by Gasteiger charge is -2.18. The highest BCUT2D eigenvalue weighted by Gasteiger charge is 2.34. The highest BCUT2D eigenvalue weighted by molar-refractivity contribution is 7.90. The van der Waals surface area contributed by atoms with E-state index >= 15 is 0 Å². The Balaban J connectivity index is 1.46. The summed E-state index contributed by atoms with van der Waals surface area (Å²) >= 11 is 0. The summed E-state index contributed by atoms with van der Waals surface area (Å²) in [5.74, 6) is -2.33. The monoisotopic (exact) mass is 626 g/mol. The second kappa shape index (κ2) is 12.2. The molecular formula is C29H22F4N6O4S. The first kappa shape index (κ1) is 30.3. The molecule has 0 spiro atoms. The minimum atomic E-state index is -4.69. The zero-order valence-corrected chi connectivity index (χ0v) is 23.5. The average Bonchev–Trinajstić information content (AvgIpc) is 3.00. The molecule has 1 amide bonds. The third kappa shape index (κ3) is 6.89. The Labute approximate surface area is 248 Å². The first-order valence-corrected chi connectivity index (χ1v) is 14.3. The van der Waals surface area contributed by atoms with Gasteiger partial charge in [-0.25, -0.2) is 37.5 Å². The van der Waals surface area contributed by atoms with Crippen LogP contribution >= 0.6 is 0 Å². The summed E-state index contributed by atoms with van der Waals surface area (Å²) in [7, 11) is -4.14. The lowest BCUT2D eigenvalue weighted by atomic mass is 10.0. The topological polar surface area (TPSA) is 136 Å².